The first-order valence-corrected chi connectivity index (χ1v) is 3.44. The van der Waals surface area contributed by atoms with E-state index >= 15 is 0 Å². The summed E-state index contributed by atoms with van der Waals surface area (Å²) in [5.74, 6) is -0.745. The second-order valence-corrected chi connectivity index (χ2v) is 1.60. The Morgan fingerprint density at radius 1 is 1.25 bits per heavy atom. The highest BCUT2D eigenvalue weighted by Crippen LogP contribution is 1.67. The zero-order valence-corrected chi connectivity index (χ0v) is 7.78. The van der Waals surface area contributed by atoms with Gasteiger partial charge in [-0.25, -0.2) is 0 Å². The number of rotatable bonds is 2. The molecule has 0 aromatic rings. The van der Waals surface area contributed by atoms with Crippen molar-refractivity contribution < 1.29 is 24.9 Å². The zero-order chi connectivity index (χ0) is 10.4. The number of carbonyl (C=O) groups is 1. The van der Waals surface area contributed by atoms with E-state index in [4.69, 9.17) is 15.3 Å². The van der Waals surface area contributed by atoms with E-state index in [-0.39, 0.29) is 19.6 Å². The van der Waals surface area contributed by atoms with E-state index < -0.39 is 5.97 Å². The molecule has 0 spiro atoms. The van der Waals surface area contributed by atoms with Crippen LogP contribution in [0.5, 0.6) is 0 Å². The van der Waals surface area contributed by atoms with E-state index in [1.54, 1.807) is 21.1 Å². The molecule has 76 valence electrons. The first-order chi connectivity index (χ1) is 5.60. The van der Waals surface area contributed by atoms with Crippen LogP contribution in [0.15, 0.2) is 0 Å². The van der Waals surface area contributed by atoms with Gasteiger partial charge in [0.2, 0.25) is 0 Å². The van der Waals surface area contributed by atoms with Gasteiger partial charge >= 0.3 is 5.97 Å². The first kappa shape index (κ1) is 17.4. The van der Waals surface area contributed by atoms with Crippen molar-refractivity contribution in [1.29, 1.82) is 0 Å². The molecule has 0 aliphatic heterocycles. The lowest BCUT2D eigenvalue weighted by Gasteiger charge is -1.71. The zero-order valence-electron chi connectivity index (χ0n) is 7.78. The second-order valence-electron chi connectivity index (χ2n) is 1.60. The Balaban J connectivity index is -0.000000105. The van der Waals surface area contributed by atoms with Gasteiger partial charge in [-0.1, -0.05) is 6.92 Å². The smallest absolute Gasteiger partial charge is 0.303 e. The van der Waals surface area contributed by atoms with Gasteiger partial charge in [0.1, 0.15) is 0 Å². The minimum Gasteiger partial charge on any atom is -0.481 e. The normalized spacial score (nSPS) is 7.08. The summed E-state index contributed by atoms with van der Waals surface area (Å²) in [6, 6.07) is 0. The Kier molecular flexibility index (Phi) is 32.6. The van der Waals surface area contributed by atoms with Crippen molar-refractivity contribution >= 4 is 5.97 Å². The molecule has 0 aromatic carbocycles. The van der Waals surface area contributed by atoms with Gasteiger partial charge in [-0.2, -0.15) is 0 Å². The molecule has 0 saturated carbocycles. The lowest BCUT2D eigenvalue weighted by atomic mass is 10.5. The van der Waals surface area contributed by atoms with Gasteiger partial charge in [0.05, 0.1) is 13.2 Å². The summed E-state index contributed by atoms with van der Waals surface area (Å²) in [6.07, 6.45) is 0.222. The lowest BCUT2D eigenvalue weighted by molar-refractivity contribution is -0.136. The molecule has 0 fully saturated rings. The summed E-state index contributed by atoms with van der Waals surface area (Å²) in [7, 11) is 3.25. The molecule has 0 radical (unpaired) electrons. The fourth-order valence-corrected chi connectivity index (χ4v) is 0. The predicted molar refractivity (Wildman–Crippen MR) is 45.0 cm³/mol. The van der Waals surface area contributed by atoms with Crippen LogP contribution in [0, 0.1) is 0 Å². The fraction of sp³-hybridized carbons (Fsp3) is 0.857. The molecule has 5 heteroatoms. The van der Waals surface area contributed by atoms with Crippen molar-refractivity contribution in [2.24, 2.45) is 0 Å². The average Bonchev–Trinajstić information content (AvgIpc) is 2.06. The van der Waals surface area contributed by atoms with Gasteiger partial charge in [-0.15, -0.1) is 0 Å². The van der Waals surface area contributed by atoms with E-state index in [9.17, 15) is 4.79 Å². The summed E-state index contributed by atoms with van der Waals surface area (Å²) in [5, 5.41) is 23.0. The lowest BCUT2D eigenvalue weighted by Crippen LogP contribution is -1.86. The second kappa shape index (κ2) is 22.4. The molecule has 0 saturated heterocycles. The van der Waals surface area contributed by atoms with Gasteiger partial charge in [0, 0.05) is 20.6 Å². The van der Waals surface area contributed by atoms with Crippen molar-refractivity contribution in [3.63, 3.8) is 0 Å². The number of methoxy groups -OCH3 is 1. The molecule has 0 bridgehead atoms. The Bertz CT molecular complexity index is 72.2. The van der Waals surface area contributed by atoms with Crippen LogP contribution < -0.4 is 0 Å². The Hall–Kier alpha value is -0.650. The quantitative estimate of drug-likeness (QED) is 0.546. The van der Waals surface area contributed by atoms with Crippen LogP contribution in [0.25, 0.3) is 0 Å². The third-order valence-corrected chi connectivity index (χ3v) is 0.402. The number of hydrogen-bond donors (Lipinski definition) is 3. The Morgan fingerprint density at radius 2 is 1.42 bits per heavy atom. The standard InChI is InChI=1S/C3H6O2.C2H6O2.C2H6O/c1-2-3(4)5;3-1-2-4;1-3-2/h2H2,1H3,(H,4,5);3-4H,1-2H2;1-2H3. The third-order valence-electron chi connectivity index (χ3n) is 0.402. The molecule has 5 nitrogen and oxygen atoms in total. The highest BCUT2D eigenvalue weighted by atomic mass is 16.4. The molecule has 3 N–H and O–H groups in total. The minimum atomic E-state index is -0.745. The van der Waals surface area contributed by atoms with Crippen molar-refractivity contribution in [3.05, 3.63) is 0 Å². The summed E-state index contributed by atoms with van der Waals surface area (Å²) in [6.45, 7) is 1.35. The Labute approximate surface area is 72.6 Å². The van der Waals surface area contributed by atoms with Gasteiger partial charge in [0.25, 0.3) is 0 Å². The molecule has 0 rings (SSSR count). The number of aliphatic carboxylic acids is 1. The number of carboxylic acids is 1. The monoisotopic (exact) mass is 182 g/mol. The van der Waals surface area contributed by atoms with E-state index in [0.717, 1.165) is 0 Å². The number of carboxylic acid groups (broad SMARTS) is 1. The number of hydrogen-bond acceptors (Lipinski definition) is 4. The van der Waals surface area contributed by atoms with Gasteiger partial charge in [0.15, 0.2) is 0 Å². The summed E-state index contributed by atoms with van der Waals surface area (Å²) in [4.78, 5) is 9.37. The molecule has 0 aliphatic rings. The van der Waals surface area contributed by atoms with Gasteiger partial charge < -0.3 is 20.1 Å². The molecule has 0 aliphatic carbocycles. The van der Waals surface area contributed by atoms with E-state index in [0.29, 0.717) is 0 Å². The van der Waals surface area contributed by atoms with E-state index in [1.807, 2.05) is 0 Å². The maximum atomic E-state index is 9.37. The number of aliphatic hydroxyl groups is 2. The van der Waals surface area contributed by atoms with E-state index in [1.165, 1.54) is 0 Å². The fourth-order valence-electron chi connectivity index (χ4n) is 0. The maximum Gasteiger partial charge on any atom is 0.303 e. The van der Waals surface area contributed by atoms with Crippen molar-refractivity contribution in [1.82, 2.24) is 0 Å². The third kappa shape index (κ3) is 118. The highest BCUT2D eigenvalue weighted by molar-refractivity contribution is 5.66. The summed E-state index contributed by atoms with van der Waals surface area (Å²) < 4.78 is 4.25. The molecule has 0 amide bonds. The molecular weight excluding hydrogens is 164 g/mol. The van der Waals surface area contributed by atoms with E-state index in [2.05, 4.69) is 4.74 Å². The van der Waals surface area contributed by atoms with Crippen molar-refractivity contribution in [3.8, 4) is 0 Å². The van der Waals surface area contributed by atoms with Crippen LogP contribution in [-0.4, -0.2) is 48.7 Å². The van der Waals surface area contributed by atoms with Crippen LogP contribution in [-0.2, 0) is 9.53 Å². The van der Waals surface area contributed by atoms with Crippen molar-refractivity contribution in [2.75, 3.05) is 27.4 Å². The molecule has 0 atom stereocenters. The van der Waals surface area contributed by atoms with Gasteiger partial charge in [-0.3, -0.25) is 4.79 Å². The topological polar surface area (TPSA) is 87.0 Å². The van der Waals surface area contributed by atoms with Crippen molar-refractivity contribution in [2.45, 2.75) is 13.3 Å². The molecule has 0 aromatic heterocycles. The van der Waals surface area contributed by atoms with Crippen LogP contribution >= 0.6 is 0 Å². The van der Waals surface area contributed by atoms with Crippen LogP contribution in [0.2, 0.25) is 0 Å². The summed E-state index contributed by atoms with van der Waals surface area (Å²) in [5.41, 5.74) is 0. The summed E-state index contributed by atoms with van der Waals surface area (Å²) >= 11 is 0. The molecular formula is C7H18O5. The van der Waals surface area contributed by atoms with Crippen LogP contribution in [0.1, 0.15) is 13.3 Å². The Morgan fingerprint density at radius 3 is 1.42 bits per heavy atom. The minimum absolute atomic E-state index is 0.125. The number of ether oxygens (including phenoxy) is 1. The van der Waals surface area contributed by atoms with Crippen LogP contribution in [0.4, 0.5) is 0 Å². The number of aliphatic hydroxyl groups excluding tert-OH is 2. The van der Waals surface area contributed by atoms with Gasteiger partial charge in [-0.05, 0) is 0 Å². The maximum absolute atomic E-state index is 9.37. The largest absolute Gasteiger partial charge is 0.481 e. The average molecular weight is 182 g/mol. The first-order valence-electron chi connectivity index (χ1n) is 3.44. The van der Waals surface area contributed by atoms with Crippen LogP contribution in [0.3, 0.4) is 0 Å². The molecule has 0 unspecified atom stereocenters. The highest BCUT2D eigenvalue weighted by Gasteiger charge is 1.80. The predicted octanol–water partition coefficient (Wildman–Crippen LogP) is -0.285. The molecule has 12 heavy (non-hydrogen) atoms. The molecule has 0 heterocycles. The SMILES string of the molecule is CCC(=O)O.COC.OCCO.